The first-order valence-electron chi connectivity index (χ1n) is 12.6. The molecule has 4 rings (SSSR count). The number of benzene rings is 1. The van der Waals surface area contributed by atoms with Gasteiger partial charge in [0.2, 0.25) is 23.5 Å². The normalized spacial score (nSPS) is 18.4. The van der Waals surface area contributed by atoms with E-state index in [2.05, 4.69) is 46.3 Å². The second-order valence-corrected chi connectivity index (χ2v) is 10.1. The molecule has 2 aliphatic rings. The van der Waals surface area contributed by atoms with Crippen LogP contribution in [0, 0.1) is 5.92 Å². The highest BCUT2D eigenvalue weighted by Crippen LogP contribution is 2.34. The van der Waals surface area contributed by atoms with Gasteiger partial charge in [0.1, 0.15) is 6.04 Å². The first-order chi connectivity index (χ1) is 16.4. The van der Waals surface area contributed by atoms with Gasteiger partial charge in [-0.05, 0) is 36.8 Å². The van der Waals surface area contributed by atoms with Gasteiger partial charge in [-0.25, -0.2) is 0 Å². The summed E-state index contributed by atoms with van der Waals surface area (Å²) in [5.74, 6) is 2.05. The lowest BCUT2D eigenvalue weighted by atomic mass is 10.0. The summed E-state index contributed by atoms with van der Waals surface area (Å²) in [6.07, 6.45) is 5.41. The van der Waals surface area contributed by atoms with E-state index in [1.807, 2.05) is 17.0 Å². The van der Waals surface area contributed by atoms with Gasteiger partial charge >= 0.3 is 0 Å². The van der Waals surface area contributed by atoms with E-state index in [-0.39, 0.29) is 11.8 Å². The van der Waals surface area contributed by atoms with Crippen LogP contribution in [0.2, 0.25) is 0 Å². The number of hydrogen-bond donors (Lipinski definition) is 1. The van der Waals surface area contributed by atoms with Crippen molar-refractivity contribution in [1.82, 2.24) is 25.3 Å². The molecule has 2 fully saturated rings. The molecule has 2 amide bonds. The summed E-state index contributed by atoms with van der Waals surface area (Å²) in [7, 11) is 0. The van der Waals surface area contributed by atoms with E-state index in [1.165, 1.54) is 25.3 Å². The van der Waals surface area contributed by atoms with Crippen LogP contribution in [0.25, 0.3) is 11.4 Å². The van der Waals surface area contributed by atoms with Crippen LogP contribution in [0.4, 0.5) is 0 Å². The molecule has 2 aromatic rings. The lowest BCUT2D eigenvalue weighted by Crippen LogP contribution is -2.54. The van der Waals surface area contributed by atoms with Gasteiger partial charge in [-0.3, -0.25) is 14.5 Å². The Hall–Kier alpha value is -2.74. The Labute approximate surface area is 202 Å². The van der Waals surface area contributed by atoms with Crippen molar-refractivity contribution in [3.05, 3.63) is 35.7 Å². The highest BCUT2D eigenvalue weighted by atomic mass is 16.5. The summed E-state index contributed by atoms with van der Waals surface area (Å²) in [6, 6.07) is 7.88. The summed E-state index contributed by atoms with van der Waals surface area (Å²) in [6.45, 7) is 9.36. The van der Waals surface area contributed by atoms with Crippen molar-refractivity contribution in [2.45, 2.75) is 71.4 Å². The van der Waals surface area contributed by atoms with Crippen LogP contribution in [0.3, 0.4) is 0 Å². The minimum Gasteiger partial charge on any atom is -0.345 e. The Morgan fingerprint density at radius 1 is 1.15 bits per heavy atom. The van der Waals surface area contributed by atoms with Crippen LogP contribution in [0.1, 0.15) is 70.2 Å². The zero-order valence-electron chi connectivity index (χ0n) is 20.6. The Bertz CT molecular complexity index is 974. The molecule has 1 aromatic carbocycles. The highest BCUT2D eigenvalue weighted by Gasteiger charge is 2.29. The molecule has 2 heterocycles. The Morgan fingerprint density at radius 3 is 2.56 bits per heavy atom. The molecule has 1 saturated heterocycles. The maximum absolute atomic E-state index is 13.0. The van der Waals surface area contributed by atoms with Crippen molar-refractivity contribution in [2.75, 3.05) is 26.2 Å². The third-order valence-electron chi connectivity index (χ3n) is 6.80. The summed E-state index contributed by atoms with van der Waals surface area (Å²) >= 11 is 0. The molecule has 34 heavy (non-hydrogen) atoms. The van der Waals surface area contributed by atoms with E-state index in [1.54, 1.807) is 0 Å². The quantitative estimate of drug-likeness (QED) is 0.638. The molecule has 1 aliphatic heterocycles. The van der Waals surface area contributed by atoms with Crippen molar-refractivity contribution < 1.29 is 14.1 Å². The van der Waals surface area contributed by atoms with Crippen molar-refractivity contribution >= 4 is 11.8 Å². The molecule has 184 valence electrons. The fraction of sp³-hybridized carbons (Fsp3) is 0.615. The summed E-state index contributed by atoms with van der Waals surface area (Å²) in [5, 5.41) is 7.07. The highest BCUT2D eigenvalue weighted by molar-refractivity contribution is 5.87. The van der Waals surface area contributed by atoms with E-state index in [9.17, 15) is 9.59 Å². The zero-order chi connectivity index (χ0) is 24.1. The lowest BCUT2D eigenvalue weighted by molar-refractivity contribution is -0.138. The number of rotatable bonds is 8. The number of hydrogen-bond acceptors (Lipinski definition) is 6. The smallest absolute Gasteiger partial charge is 0.245 e. The minimum atomic E-state index is -0.440. The van der Waals surface area contributed by atoms with Crippen LogP contribution in [-0.2, 0) is 16.1 Å². The predicted octanol–water partition coefficient (Wildman–Crippen LogP) is 3.59. The van der Waals surface area contributed by atoms with Crippen LogP contribution >= 0.6 is 0 Å². The lowest BCUT2D eigenvalue weighted by Gasteiger charge is -2.36. The minimum absolute atomic E-state index is 0.0284. The Morgan fingerprint density at radius 2 is 1.88 bits per heavy atom. The molecule has 0 spiro atoms. The molecule has 1 aromatic heterocycles. The largest absolute Gasteiger partial charge is 0.345 e. The van der Waals surface area contributed by atoms with E-state index in [0.29, 0.717) is 37.2 Å². The number of aromatic nitrogens is 2. The van der Waals surface area contributed by atoms with Crippen LogP contribution in [0.5, 0.6) is 0 Å². The molecule has 1 unspecified atom stereocenters. The number of carbonyl (C=O) groups excluding carboxylic acids is 2. The summed E-state index contributed by atoms with van der Waals surface area (Å²) < 4.78 is 5.56. The predicted molar refractivity (Wildman–Crippen MR) is 130 cm³/mol. The number of piperazine rings is 1. The Kier molecular flexibility index (Phi) is 7.98. The summed E-state index contributed by atoms with van der Waals surface area (Å²) in [5.41, 5.74) is 2.17. The molecule has 1 aliphatic carbocycles. The van der Waals surface area contributed by atoms with E-state index < -0.39 is 6.04 Å². The molecule has 8 heteroatoms. The summed E-state index contributed by atoms with van der Waals surface area (Å²) in [4.78, 5) is 33.5. The monoisotopic (exact) mass is 467 g/mol. The third kappa shape index (κ3) is 6.23. The number of nitrogens with zero attached hydrogens (tertiary/aromatic N) is 4. The molecule has 0 radical (unpaired) electrons. The molecule has 1 saturated carbocycles. The van der Waals surface area contributed by atoms with Gasteiger partial charge in [-0.2, -0.15) is 4.98 Å². The first kappa shape index (κ1) is 24.4. The SMILES string of the molecule is CC(=O)NC(CC(C)C)C(=O)N1CCN(Cc2cccc(-c3noc(C4CCCC4)n3)c2)CC1. The average molecular weight is 468 g/mol. The van der Waals surface area contributed by atoms with Gasteiger partial charge in [0.15, 0.2) is 0 Å². The molecular weight excluding hydrogens is 430 g/mol. The fourth-order valence-corrected chi connectivity index (χ4v) is 5.04. The van der Waals surface area contributed by atoms with Gasteiger partial charge in [0.25, 0.3) is 0 Å². The van der Waals surface area contributed by atoms with Gasteiger partial charge in [-0.1, -0.05) is 50.0 Å². The van der Waals surface area contributed by atoms with Crippen molar-refractivity contribution in [1.29, 1.82) is 0 Å². The maximum atomic E-state index is 13.0. The van der Waals surface area contributed by atoms with Crippen LogP contribution in [-0.4, -0.2) is 64.0 Å². The fourth-order valence-electron chi connectivity index (χ4n) is 5.04. The first-order valence-corrected chi connectivity index (χ1v) is 12.6. The molecule has 0 bridgehead atoms. The van der Waals surface area contributed by atoms with Crippen molar-refractivity contribution in [3.8, 4) is 11.4 Å². The van der Waals surface area contributed by atoms with Gasteiger partial charge < -0.3 is 14.7 Å². The van der Waals surface area contributed by atoms with Gasteiger partial charge in [0.05, 0.1) is 0 Å². The van der Waals surface area contributed by atoms with E-state index in [4.69, 9.17) is 4.52 Å². The second-order valence-electron chi connectivity index (χ2n) is 10.1. The number of amides is 2. The number of carbonyl (C=O) groups is 2. The maximum Gasteiger partial charge on any atom is 0.245 e. The number of nitrogens with one attached hydrogen (secondary N) is 1. The average Bonchev–Trinajstić information content (AvgIpc) is 3.50. The second kappa shape index (κ2) is 11.1. The zero-order valence-corrected chi connectivity index (χ0v) is 20.6. The topological polar surface area (TPSA) is 91.6 Å². The molecule has 1 N–H and O–H groups in total. The standard InChI is InChI=1S/C26H37N5O3/c1-18(2)15-23(27-19(3)32)26(33)31-13-11-30(12-14-31)17-20-7-6-10-22(16-20)24-28-25(34-29-24)21-8-4-5-9-21/h6-7,10,16,18,21,23H,4-5,8-9,11-15,17H2,1-3H3,(H,27,32). The van der Waals surface area contributed by atoms with Crippen LogP contribution < -0.4 is 5.32 Å². The van der Waals surface area contributed by atoms with Crippen molar-refractivity contribution in [2.24, 2.45) is 5.92 Å². The Balaban J connectivity index is 1.33. The van der Waals surface area contributed by atoms with Gasteiger partial charge in [0, 0.05) is 51.1 Å². The van der Waals surface area contributed by atoms with Gasteiger partial charge in [-0.15, -0.1) is 0 Å². The molecule has 8 nitrogen and oxygen atoms in total. The van der Waals surface area contributed by atoms with Crippen LogP contribution in [0.15, 0.2) is 28.8 Å². The molecule has 1 atom stereocenters. The van der Waals surface area contributed by atoms with Crippen molar-refractivity contribution in [3.63, 3.8) is 0 Å². The van der Waals surface area contributed by atoms with E-state index >= 15 is 0 Å². The van der Waals surface area contributed by atoms with E-state index in [0.717, 1.165) is 43.9 Å². The molecular formula is C26H37N5O3. The third-order valence-corrected chi connectivity index (χ3v) is 6.80.